The second-order valence-corrected chi connectivity index (χ2v) is 9.99. The third kappa shape index (κ3) is 7.66. The number of nitrogens with two attached hydrogens (primary N) is 1. The van der Waals surface area contributed by atoms with Crippen LogP contribution in [0.2, 0.25) is 0 Å². The normalized spacial score (nSPS) is 18.9. The van der Waals surface area contributed by atoms with Crippen LogP contribution < -0.4 is 15.8 Å². The molecular weight excluding hydrogens is 473 g/mol. The van der Waals surface area contributed by atoms with Gasteiger partial charge in [-0.25, -0.2) is 13.2 Å². The van der Waals surface area contributed by atoms with Crippen LogP contribution in [0.4, 0.5) is 13.2 Å². The first-order valence-corrected chi connectivity index (χ1v) is 12.8. The molecule has 0 bridgehead atoms. The molecule has 4 nitrogen and oxygen atoms in total. The van der Waals surface area contributed by atoms with E-state index in [0.717, 1.165) is 28.7 Å². The van der Waals surface area contributed by atoms with Crippen LogP contribution in [0, 0.1) is 24.4 Å². The number of halogens is 3. The van der Waals surface area contributed by atoms with E-state index in [1.165, 1.54) is 0 Å². The molecule has 194 valence electrons. The molecule has 3 atom stereocenters. The average molecular weight is 511 g/mol. The van der Waals surface area contributed by atoms with Gasteiger partial charge in [0, 0.05) is 41.0 Å². The van der Waals surface area contributed by atoms with E-state index >= 15 is 0 Å². The monoisotopic (exact) mass is 510 g/mol. The number of hydrogen-bond acceptors (Lipinski definition) is 5. The molecule has 0 saturated carbocycles. The highest BCUT2D eigenvalue weighted by Gasteiger charge is 2.41. The maximum atomic E-state index is 14.0. The predicted octanol–water partition coefficient (Wildman–Crippen LogP) is 6.15. The van der Waals surface area contributed by atoms with E-state index in [9.17, 15) is 13.2 Å². The Morgan fingerprint density at radius 2 is 1.89 bits per heavy atom. The summed E-state index contributed by atoms with van der Waals surface area (Å²) in [5, 5.41) is 3.67. The van der Waals surface area contributed by atoms with Crippen LogP contribution >= 0.6 is 11.8 Å². The molecule has 1 fully saturated rings. The zero-order valence-corrected chi connectivity index (χ0v) is 22.0. The number of rotatable bonds is 10. The first-order chi connectivity index (χ1) is 16.6. The number of hydrogen-bond donors (Lipinski definition) is 2. The van der Waals surface area contributed by atoms with E-state index in [0.29, 0.717) is 31.4 Å². The quantitative estimate of drug-likeness (QED) is 0.297. The Bertz CT molecular complexity index is 997. The van der Waals surface area contributed by atoms with Crippen molar-refractivity contribution < 1.29 is 22.6 Å². The summed E-state index contributed by atoms with van der Waals surface area (Å²) in [4.78, 5) is 1.13. The Morgan fingerprint density at radius 1 is 1.20 bits per heavy atom. The van der Waals surface area contributed by atoms with Crippen molar-refractivity contribution in [3.8, 4) is 5.75 Å². The van der Waals surface area contributed by atoms with Crippen molar-refractivity contribution in [2.75, 3.05) is 20.3 Å². The maximum Gasteiger partial charge on any atom is 0.161 e. The van der Waals surface area contributed by atoms with Gasteiger partial charge in [0.25, 0.3) is 0 Å². The lowest BCUT2D eigenvalue weighted by Crippen LogP contribution is -2.52. The second-order valence-electron chi connectivity index (χ2n) is 8.60. The van der Waals surface area contributed by atoms with Crippen molar-refractivity contribution in [3.63, 3.8) is 0 Å². The van der Waals surface area contributed by atoms with Crippen LogP contribution in [0.5, 0.6) is 5.75 Å². The van der Waals surface area contributed by atoms with Crippen molar-refractivity contribution in [1.82, 2.24) is 5.32 Å². The molecule has 2 aromatic carbocycles. The summed E-state index contributed by atoms with van der Waals surface area (Å²) in [5.41, 5.74) is 7.77. The van der Waals surface area contributed by atoms with E-state index in [-0.39, 0.29) is 22.8 Å². The van der Waals surface area contributed by atoms with Crippen molar-refractivity contribution in [2.24, 2.45) is 5.73 Å². The number of aryl methyl sites for hydroxylation is 1. The van der Waals surface area contributed by atoms with Gasteiger partial charge in [-0.15, -0.1) is 11.8 Å². The fraction of sp³-hybridized carbons (Fsp3) is 0.481. The van der Waals surface area contributed by atoms with Gasteiger partial charge >= 0.3 is 0 Å². The molecule has 0 spiro atoms. The van der Waals surface area contributed by atoms with Gasteiger partial charge in [0.2, 0.25) is 0 Å². The molecule has 0 aromatic heterocycles. The van der Waals surface area contributed by atoms with Crippen LogP contribution in [0.3, 0.4) is 0 Å². The van der Waals surface area contributed by atoms with Crippen LogP contribution in [0.15, 0.2) is 47.5 Å². The average Bonchev–Trinajstić information content (AvgIpc) is 3.29. The minimum atomic E-state index is -1.21. The van der Waals surface area contributed by atoms with Crippen molar-refractivity contribution in [1.29, 1.82) is 0 Å². The first kappa shape index (κ1) is 29.1. The van der Waals surface area contributed by atoms with Crippen molar-refractivity contribution >= 4 is 11.8 Å². The molecule has 35 heavy (non-hydrogen) atoms. The highest BCUT2D eigenvalue weighted by molar-refractivity contribution is 8.00. The summed E-state index contributed by atoms with van der Waals surface area (Å²) in [5.74, 6) is -2.30. The number of benzene rings is 2. The molecule has 3 rings (SSSR count). The highest BCUT2D eigenvalue weighted by atomic mass is 32.2. The van der Waals surface area contributed by atoms with Gasteiger partial charge in [-0.3, -0.25) is 0 Å². The molecule has 0 radical (unpaired) electrons. The predicted molar refractivity (Wildman–Crippen MR) is 137 cm³/mol. The van der Waals surface area contributed by atoms with Gasteiger partial charge in [0.15, 0.2) is 11.6 Å². The van der Waals surface area contributed by atoms with E-state index in [1.807, 2.05) is 32.0 Å². The Labute approximate surface area is 211 Å². The number of ether oxygens (including phenoxy) is 2. The standard InChI is InChI=1S/C25H31F3N2O2S.C2H6/c1-15-5-6-20(31-4)12-24(15)33-17(3)25(7-8-32-14-25)30-16(2)9-19(29)10-18-11-22(27)23(28)13-21(18)26;1-2/h5-6,11-13,17,19,30H,2,7-10,14,29H2,1,3-4H3;1-2H3. The molecule has 3 N–H and O–H groups in total. The fourth-order valence-electron chi connectivity index (χ4n) is 4.03. The van der Waals surface area contributed by atoms with Crippen molar-refractivity contribution in [2.45, 2.75) is 68.7 Å². The minimum absolute atomic E-state index is 0.0468. The lowest BCUT2D eigenvalue weighted by Gasteiger charge is -2.37. The number of nitrogens with one attached hydrogen (secondary N) is 1. The molecule has 8 heteroatoms. The van der Waals surface area contributed by atoms with E-state index in [1.54, 1.807) is 18.9 Å². The summed E-state index contributed by atoms with van der Waals surface area (Å²) < 4.78 is 51.8. The fourth-order valence-corrected chi connectivity index (χ4v) is 5.32. The Kier molecular flexibility index (Phi) is 11.0. The third-order valence-electron chi connectivity index (χ3n) is 6.04. The Hall–Kier alpha value is -2.16. The molecule has 1 heterocycles. The zero-order valence-electron chi connectivity index (χ0n) is 21.2. The van der Waals surface area contributed by atoms with E-state index in [2.05, 4.69) is 25.7 Å². The van der Waals surface area contributed by atoms with Crippen molar-refractivity contribution in [3.05, 3.63) is 71.2 Å². The SMILES string of the molecule is C=C(CC(N)Cc1cc(F)c(F)cc1F)NC1(C(C)Sc2cc(OC)ccc2C)CCOC1.CC. The van der Waals surface area contributed by atoms with Gasteiger partial charge in [-0.1, -0.05) is 33.4 Å². The van der Waals surface area contributed by atoms with E-state index in [4.69, 9.17) is 15.2 Å². The molecule has 0 aliphatic carbocycles. The summed E-state index contributed by atoms with van der Waals surface area (Å²) in [6, 6.07) is 6.91. The molecule has 2 aromatic rings. The Balaban J connectivity index is 0.00000210. The molecule has 0 amide bonds. The summed E-state index contributed by atoms with van der Waals surface area (Å²) in [6.45, 7) is 13.5. The smallest absolute Gasteiger partial charge is 0.161 e. The van der Waals surface area contributed by atoms with Crippen LogP contribution in [0.25, 0.3) is 0 Å². The number of thioether (sulfide) groups is 1. The molecule has 1 aliphatic heterocycles. The molecule has 3 unspecified atom stereocenters. The summed E-state index contributed by atoms with van der Waals surface area (Å²) in [7, 11) is 1.65. The van der Waals surface area contributed by atoms with Crippen LogP contribution in [0.1, 0.15) is 44.7 Å². The van der Waals surface area contributed by atoms with Crippen LogP contribution in [-0.4, -0.2) is 37.2 Å². The third-order valence-corrected chi connectivity index (χ3v) is 7.53. The van der Waals surface area contributed by atoms with Gasteiger partial charge in [-0.2, -0.15) is 0 Å². The molecule has 1 aliphatic rings. The van der Waals surface area contributed by atoms with E-state index < -0.39 is 23.5 Å². The Morgan fingerprint density at radius 3 is 2.51 bits per heavy atom. The minimum Gasteiger partial charge on any atom is -0.497 e. The highest BCUT2D eigenvalue weighted by Crippen LogP contribution is 2.38. The number of methoxy groups -OCH3 is 1. The van der Waals surface area contributed by atoms with Gasteiger partial charge < -0.3 is 20.5 Å². The molecule has 1 saturated heterocycles. The first-order valence-electron chi connectivity index (χ1n) is 11.9. The zero-order chi connectivity index (χ0) is 26.2. The second kappa shape index (κ2) is 13.2. The lowest BCUT2D eigenvalue weighted by molar-refractivity contribution is 0.169. The van der Waals surface area contributed by atoms with Gasteiger partial charge in [0.05, 0.1) is 19.3 Å². The summed E-state index contributed by atoms with van der Waals surface area (Å²) in [6.07, 6.45) is 1.23. The lowest BCUT2D eigenvalue weighted by atomic mass is 9.93. The van der Waals surface area contributed by atoms with Gasteiger partial charge in [0.1, 0.15) is 11.6 Å². The maximum absolute atomic E-state index is 14.0. The topological polar surface area (TPSA) is 56.5 Å². The van der Waals surface area contributed by atoms with Gasteiger partial charge in [-0.05, 0) is 49.1 Å². The summed E-state index contributed by atoms with van der Waals surface area (Å²) >= 11 is 1.74. The largest absolute Gasteiger partial charge is 0.497 e. The molecular formula is C27H37F3N2O2S. The van der Waals surface area contributed by atoms with Crippen LogP contribution in [-0.2, 0) is 11.2 Å².